The summed E-state index contributed by atoms with van der Waals surface area (Å²) in [5.74, 6) is 2.72. The first-order valence-electron chi connectivity index (χ1n) is 4.82. The van der Waals surface area contributed by atoms with E-state index in [0.29, 0.717) is 0 Å². The topological polar surface area (TPSA) is 17.1 Å². The Morgan fingerprint density at radius 3 is 2.27 bits per heavy atom. The molecule has 2 aliphatic carbocycles. The molecule has 2 aliphatic rings. The third-order valence-electron chi connectivity index (χ3n) is 3.41. The van der Waals surface area contributed by atoms with Gasteiger partial charge in [0, 0.05) is 6.42 Å². The van der Waals surface area contributed by atoms with Gasteiger partial charge in [-0.25, -0.2) is 0 Å². The van der Waals surface area contributed by atoms with Crippen LogP contribution in [0.4, 0.5) is 0 Å². The lowest BCUT2D eigenvalue weighted by molar-refractivity contribution is -0.108. The van der Waals surface area contributed by atoms with Crippen molar-refractivity contribution in [1.82, 2.24) is 0 Å². The van der Waals surface area contributed by atoms with Gasteiger partial charge < -0.3 is 4.79 Å². The van der Waals surface area contributed by atoms with Crippen molar-refractivity contribution in [2.75, 3.05) is 0 Å². The fourth-order valence-electron chi connectivity index (χ4n) is 2.97. The quantitative estimate of drug-likeness (QED) is 0.555. The Bertz CT molecular complexity index is 141. The first-order valence-corrected chi connectivity index (χ1v) is 4.82. The number of rotatable bonds is 2. The molecule has 0 aliphatic heterocycles. The highest BCUT2D eigenvalue weighted by Gasteiger charge is 2.33. The third-order valence-corrected chi connectivity index (χ3v) is 3.41. The van der Waals surface area contributed by atoms with Crippen LogP contribution in [0.2, 0.25) is 0 Å². The van der Waals surface area contributed by atoms with Crippen LogP contribution in [-0.4, -0.2) is 6.29 Å². The summed E-state index contributed by atoms with van der Waals surface area (Å²) in [6, 6.07) is 0. The second-order valence-electron chi connectivity index (χ2n) is 4.28. The lowest BCUT2D eigenvalue weighted by Crippen LogP contribution is -2.15. The molecule has 0 aromatic heterocycles. The molecule has 0 aromatic rings. The minimum atomic E-state index is 0.749. The molecule has 1 heteroatoms. The van der Waals surface area contributed by atoms with Crippen molar-refractivity contribution in [3.05, 3.63) is 0 Å². The van der Waals surface area contributed by atoms with Crippen molar-refractivity contribution in [2.24, 2.45) is 17.8 Å². The van der Waals surface area contributed by atoms with Gasteiger partial charge in [-0.2, -0.15) is 0 Å². The van der Waals surface area contributed by atoms with Crippen molar-refractivity contribution in [3.8, 4) is 0 Å². The number of aldehydes is 1. The van der Waals surface area contributed by atoms with Gasteiger partial charge in [-0.3, -0.25) is 0 Å². The normalized spacial score (nSPS) is 42.4. The summed E-state index contributed by atoms with van der Waals surface area (Å²) < 4.78 is 0. The highest BCUT2D eigenvalue weighted by molar-refractivity contribution is 5.49. The van der Waals surface area contributed by atoms with Crippen LogP contribution in [0.5, 0.6) is 0 Å². The molecule has 0 N–H and O–H groups in total. The summed E-state index contributed by atoms with van der Waals surface area (Å²) in [6.45, 7) is 0. The molecule has 11 heavy (non-hydrogen) atoms. The first-order chi connectivity index (χ1) is 5.38. The van der Waals surface area contributed by atoms with E-state index in [4.69, 9.17) is 0 Å². The number of hydrogen-bond acceptors (Lipinski definition) is 1. The predicted octanol–water partition coefficient (Wildman–Crippen LogP) is 2.40. The van der Waals surface area contributed by atoms with Gasteiger partial charge in [-0.15, -0.1) is 0 Å². The van der Waals surface area contributed by atoms with Crippen LogP contribution in [0.3, 0.4) is 0 Å². The van der Waals surface area contributed by atoms with Crippen molar-refractivity contribution in [2.45, 2.75) is 38.5 Å². The Morgan fingerprint density at radius 1 is 1.09 bits per heavy atom. The van der Waals surface area contributed by atoms with Crippen molar-refractivity contribution in [3.63, 3.8) is 0 Å². The summed E-state index contributed by atoms with van der Waals surface area (Å²) in [7, 11) is 0. The number of hydrogen-bond donors (Lipinski definition) is 0. The van der Waals surface area contributed by atoms with Crippen LogP contribution in [0.25, 0.3) is 0 Å². The maximum absolute atomic E-state index is 10.3. The van der Waals surface area contributed by atoms with Crippen molar-refractivity contribution in [1.29, 1.82) is 0 Å². The monoisotopic (exact) mass is 152 g/mol. The second kappa shape index (κ2) is 2.96. The first kappa shape index (κ1) is 7.33. The molecule has 62 valence electrons. The molecule has 2 saturated carbocycles. The standard InChI is InChI=1S/C10H16O/c11-4-3-10-6-8-1-2-9(5-8)7-10/h4,8-10H,1-3,5-7H2/t8-,9+,10-. The molecular weight excluding hydrogens is 136 g/mol. The van der Waals surface area contributed by atoms with Crippen LogP contribution < -0.4 is 0 Å². The predicted molar refractivity (Wildman–Crippen MR) is 44.2 cm³/mol. The largest absolute Gasteiger partial charge is 0.303 e. The zero-order valence-corrected chi connectivity index (χ0v) is 6.96. The Kier molecular flexibility index (Phi) is 1.97. The molecule has 0 radical (unpaired) electrons. The summed E-state index contributed by atoms with van der Waals surface area (Å²) in [5, 5.41) is 0. The molecule has 0 unspecified atom stereocenters. The molecule has 0 saturated heterocycles. The maximum atomic E-state index is 10.3. The Balaban J connectivity index is 1.91. The third kappa shape index (κ3) is 1.47. The second-order valence-corrected chi connectivity index (χ2v) is 4.28. The highest BCUT2D eigenvalue weighted by atomic mass is 16.1. The molecule has 0 amide bonds. The number of carbonyl (C=O) groups excluding carboxylic acids is 1. The van der Waals surface area contributed by atoms with E-state index in [0.717, 1.165) is 30.5 Å². The van der Waals surface area contributed by atoms with Gasteiger partial charge in [0.05, 0.1) is 0 Å². The summed E-state index contributed by atoms with van der Waals surface area (Å²) in [5.41, 5.74) is 0. The van der Waals surface area contributed by atoms with E-state index in [1.165, 1.54) is 32.1 Å². The molecule has 2 rings (SSSR count). The molecular formula is C10H16O. The van der Waals surface area contributed by atoms with Gasteiger partial charge in [-0.1, -0.05) is 12.8 Å². The molecule has 0 aromatic carbocycles. The maximum Gasteiger partial charge on any atom is 0.120 e. The molecule has 2 fully saturated rings. The van der Waals surface area contributed by atoms with Gasteiger partial charge in [0.15, 0.2) is 0 Å². The minimum absolute atomic E-state index is 0.749. The summed E-state index contributed by atoms with van der Waals surface area (Å²) >= 11 is 0. The van der Waals surface area contributed by atoms with E-state index >= 15 is 0 Å². The van der Waals surface area contributed by atoms with Crippen molar-refractivity contribution >= 4 is 6.29 Å². The van der Waals surface area contributed by atoms with Gasteiger partial charge >= 0.3 is 0 Å². The molecule has 2 bridgehead atoms. The fourth-order valence-corrected chi connectivity index (χ4v) is 2.97. The highest BCUT2D eigenvalue weighted by Crippen LogP contribution is 2.45. The summed E-state index contributed by atoms with van der Waals surface area (Å²) in [4.78, 5) is 10.3. The Morgan fingerprint density at radius 2 is 1.73 bits per heavy atom. The smallest absolute Gasteiger partial charge is 0.120 e. The van der Waals surface area contributed by atoms with Crippen LogP contribution in [-0.2, 0) is 4.79 Å². The van der Waals surface area contributed by atoms with E-state index in [1.807, 2.05) is 0 Å². The van der Waals surface area contributed by atoms with Gasteiger partial charge in [0.2, 0.25) is 0 Å². The number of fused-ring (bicyclic) bond motifs is 2. The Labute approximate surface area is 68.2 Å². The minimum Gasteiger partial charge on any atom is -0.303 e. The summed E-state index contributed by atoms with van der Waals surface area (Å²) in [6.07, 6.45) is 8.97. The van der Waals surface area contributed by atoms with E-state index in [2.05, 4.69) is 0 Å². The molecule has 0 spiro atoms. The lowest BCUT2D eigenvalue weighted by atomic mass is 9.80. The Hall–Kier alpha value is -0.330. The molecule has 1 nitrogen and oxygen atoms in total. The molecule has 0 heterocycles. The van der Waals surface area contributed by atoms with E-state index < -0.39 is 0 Å². The van der Waals surface area contributed by atoms with E-state index in [9.17, 15) is 4.79 Å². The molecule has 3 atom stereocenters. The number of carbonyl (C=O) groups is 1. The average molecular weight is 152 g/mol. The zero-order valence-electron chi connectivity index (χ0n) is 6.96. The van der Waals surface area contributed by atoms with Crippen LogP contribution >= 0.6 is 0 Å². The SMILES string of the molecule is O=CC[C@H]1C[C@H]2CC[C@@H](C1)C2. The van der Waals surface area contributed by atoms with Gasteiger partial charge in [-0.05, 0) is 37.0 Å². The lowest BCUT2D eigenvalue weighted by Gasteiger charge is -2.25. The fraction of sp³-hybridized carbons (Fsp3) is 0.900. The zero-order chi connectivity index (χ0) is 7.68. The van der Waals surface area contributed by atoms with Crippen LogP contribution in [0.15, 0.2) is 0 Å². The van der Waals surface area contributed by atoms with Crippen LogP contribution in [0, 0.1) is 17.8 Å². The van der Waals surface area contributed by atoms with E-state index in [-0.39, 0.29) is 0 Å². The van der Waals surface area contributed by atoms with Gasteiger partial charge in [0.25, 0.3) is 0 Å². The van der Waals surface area contributed by atoms with Crippen molar-refractivity contribution < 1.29 is 4.79 Å². The average Bonchev–Trinajstić information content (AvgIpc) is 2.32. The van der Waals surface area contributed by atoms with E-state index in [1.54, 1.807) is 0 Å². The van der Waals surface area contributed by atoms with Gasteiger partial charge in [0.1, 0.15) is 6.29 Å². The van der Waals surface area contributed by atoms with Crippen LogP contribution in [0.1, 0.15) is 38.5 Å².